The van der Waals surface area contributed by atoms with Crippen LogP contribution in [0, 0.1) is 0 Å². The molecule has 1 aromatic carbocycles. The maximum Gasteiger partial charge on any atom is 0.0947 e. The number of hydrogen-bond acceptors (Lipinski definition) is 3. The summed E-state index contributed by atoms with van der Waals surface area (Å²) in [5, 5.41) is 0.740. The Bertz CT molecular complexity index is 493. The van der Waals surface area contributed by atoms with Gasteiger partial charge in [0.05, 0.1) is 12.5 Å². The number of furan rings is 1. The normalized spacial score (nSPS) is 14.6. The molecule has 0 aliphatic rings. The number of halogens is 1. The van der Waals surface area contributed by atoms with E-state index in [1.807, 2.05) is 37.3 Å². The van der Waals surface area contributed by atoms with Gasteiger partial charge in [-0.15, -0.1) is 0 Å². The summed E-state index contributed by atoms with van der Waals surface area (Å²) in [5.74, 6) is 0. The highest BCUT2D eigenvalue weighted by Gasteiger charge is 2.21. The van der Waals surface area contributed by atoms with E-state index >= 15 is 0 Å². The van der Waals surface area contributed by atoms with Crippen LogP contribution in [0.2, 0.25) is 5.02 Å². The van der Waals surface area contributed by atoms with E-state index in [1.165, 1.54) is 5.56 Å². The maximum absolute atomic E-state index is 6.14. The molecule has 1 aromatic heterocycles. The van der Waals surface area contributed by atoms with E-state index < -0.39 is 0 Å². The molecule has 2 atom stereocenters. The molecule has 1 heterocycles. The standard InChI is InChI=1S/C15H19ClN2O/c1-11(17)15(13-3-5-14(16)6-4-13)18(2)9-12-7-8-19-10-12/h3-8,10-11,15H,9,17H2,1-2H3. The summed E-state index contributed by atoms with van der Waals surface area (Å²) in [5.41, 5.74) is 8.45. The Labute approximate surface area is 119 Å². The van der Waals surface area contributed by atoms with E-state index in [1.54, 1.807) is 12.5 Å². The Morgan fingerprint density at radius 1 is 1.26 bits per heavy atom. The fraction of sp³-hybridized carbons (Fsp3) is 0.333. The molecule has 102 valence electrons. The van der Waals surface area contributed by atoms with Gasteiger partial charge in [0.2, 0.25) is 0 Å². The predicted molar refractivity (Wildman–Crippen MR) is 78.0 cm³/mol. The first kappa shape index (κ1) is 14.1. The fourth-order valence-corrected chi connectivity index (χ4v) is 2.51. The highest BCUT2D eigenvalue weighted by atomic mass is 35.5. The molecular formula is C15H19ClN2O. The van der Waals surface area contributed by atoms with Gasteiger partial charge >= 0.3 is 0 Å². The van der Waals surface area contributed by atoms with Crippen LogP contribution in [0.25, 0.3) is 0 Å². The zero-order valence-corrected chi connectivity index (χ0v) is 12.0. The second-order valence-corrected chi connectivity index (χ2v) is 5.34. The van der Waals surface area contributed by atoms with Crippen LogP contribution in [0.15, 0.2) is 47.3 Å². The van der Waals surface area contributed by atoms with Gasteiger partial charge < -0.3 is 10.2 Å². The summed E-state index contributed by atoms with van der Waals surface area (Å²) in [4.78, 5) is 2.22. The summed E-state index contributed by atoms with van der Waals surface area (Å²) in [6.45, 7) is 2.82. The molecular weight excluding hydrogens is 260 g/mol. The van der Waals surface area contributed by atoms with Gasteiger partial charge in [0.25, 0.3) is 0 Å². The van der Waals surface area contributed by atoms with Gasteiger partial charge in [-0.3, -0.25) is 4.90 Å². The lowest BCUT2D eigenvalue weighted by atomic mass is 9.99. The monoisotopic (exact) mass is 278 g/mol. The van der Waals surface area contributed by atoms with Crippen molar-refractivity contribution in [3.8, 4) is 0 Å². The molecule has 2 unspecified atom stereocenters. The van der Waals surface area contributed by atoms with Crippen LogP contribution < -0.4 is 5.73 Å². The van der Waals surface area contributed by atoms with Crippen molar-refractivity contribution < 1.29 is 4.42 Å². The molecule has 0 aliphatic carbocycles. The topological polar surface area (TPSA) is 42.4 Å². The van der Waals surface area contributed by atoms with Crippen molar-refractivity contribution in [1.29, 1.82) is 0 Å². The van der Waals surface area contributed by atoms with Gasteiger partial charge in [-0.05, 0) is 37.7 Å². The molecule has 19 heavy (non-hydrogen) atoms. The molecule has 0 spiro atoms. The van der Waals surface area contributed by atoms with Crippen LogP contribution in [0.3, 0.4) is 0 Å². The third-order valence-corrected chi connectivity index (χ3v) is 3.45. The Morgan fingerprint density at radius 3 is 2.47 bits per heavy atom. The Kier molecular flexibility index (Phi) is 4.64. The van der Waals surface area contributed by atoms with E-state index in [-0.39, 0.29) is 12.1 Å². The molecule has 0 saturated carbocycles. The van der Waals surface area contributed by atoms with Crippen molar-refractivity contribution in [2.24, 2.45) is 5.73 Å². The van der Waals surface area contributed by atoms with Crippen LogP contribution in [0.1, 0.15) is 24.1 Å². The largest absolute Gasteiger partial charge is 0.472 e. The van der Waals surface area contributed by atoms with Crippen LogP contribution in [0.4, 0.5) is 0 Å². The summed E-state index contributed by atoms with van der Waals surface area (Å²) >= 11 is 5.93. The van der Waals surface area contributed by atoms with Gasteiger partial charge in [-0.2, -0.15) is 0 Å². The van der Waals surface area contributed by atoms with Crippen LogP contribution in [-0.2, 0) is 6.54 Å². The van der Waals surface area contributed by atoms with Crippen LogP contribution in [0.5, 0.6) is 0 Å². The van der Waals surface area contributed by atoms with E-state index in [0.717, 1.165) is 17.1 Å². The van der Waals surface area contributed by atoms with Gasteiger partial charge in [-0.25, -0.2) is 0 Å². The van der Waals surface area contributed by atoms with Crippen molar-refractivity contribution in [3.63, 3.8) is 0 Å². The van der Waals surface area contributed by atoms with E-state index in [0.29, 0.717) is 0 Å². The SMILES string of the molecule is CC(N)C(c1ccc(Cl)cc1)N(C)Cc1ccoc1. The lowest BCUT2D eigenvalue weighted by molar-refractivity contribution is 0.210. The molecule has 2 aromatic rings. The highest BCUT2D eigenvalue weighted by Crippen LogP contribution is 2.25. The van der Waals surface area contributed by atoms with Crippen molar-refractivity contribution in [2.75, 3.05) is 7.05 Å². The molecule has 3 nitrogen and oxygen atoms in total. The predicted octanol–water partition coefficient (Wildman–Crippen LogP) is 3.45. The van der Waals surface area contributed by atoms with Gasteiger partial charge in [0.15, 0.2) is 0 Å². The summed E-state index contributed by atoms with van der Waals surface area (Å²) in [6.07, 6.45) is 3.45. The number of hydrogen-bond donors (Lipinski definition) is 1. The number of likely N-dealkylation sites (N-methyl/N-ethyl adjacent to an activating group) is 1. The van der Waals surface area contributed by atoms with Gasteiger partial charge in [0, 0.05) is 29.2 Å². The molecule has 0 radical (unpaired) electrons. The molecule has 4 heteroatoms. The Balaban J connectivity index is 2.17. The van der Waals surface area contributed by atoms with Crippen LogP contribution >= 0.6 is 11.6 Å². The van der Waals surface area contributed by atoms with E-state index in [4.69, 9.17) is 21.8 Å². The fourth-order valence-electron chi connectivity index (χ4n) is 2.39. The maximum atomic E-state index is 6.14. The number of rotatable bonds is 5. The first-order valence-corrected chi connectivity index (χ1v) is 6.68. The quantitative estimate of drug-likeness (QED) is 0.911. The average molecular weight is 279 g/mol. The molecule has 0 saturated heterocycles. The minimum absolute atomic E-state index is 0.0260. The second kappa shape index (κ2) is 6.24. The minimum atomic E-state index is 0.0260. The lowest BCUT2D eigenvalue weighted by Crippen LogP contribution is -2.36. The highest BCUT2D eigenvalue weighted by molar-refractivity contribution is 6.30. The number of nitrogens with zero attached hydrogens (tertiary/aromatic N) is 1. The lowest BCUT2D eigenvalue weighted by Gasteiger charge is -2.31. The van der Waals surface area contributed by atoms with Crippen molar-refractivity contribution in [2.45, 2.75) is 25.6 Å². The number of nitrogens with two attached hydrogens (primary N) is 1. The summed E-state index contributed by atoms with van der Waals surface area (Å²) in [6, 6.07) is 10.0. The zero-order chi connectivity index (χ0) is 13.8. The first-order valence-electron chi connectivity index (χ1n) is 6.30. The van der Waals surface area contributed by atoms with Crippen molar-refractivity contribution >= 4 is 11.6 Å². The molecule has 0 aliphatic heterocycles. The van der Waals surface area contributed by atoms with Crippen molar-refractivity contribution in [3.05, 3.63) is 59.0 Å². The molecule has 0 amide bonds. The molecule has 2 N–H and O–H groups in total. The second-order valence-electron chi connectivity index (χ2n) is 4.90. The minimum Gasteiger partial charge on any atom is -0.472 e. The number of benzene rings is 1. The van der Waals surface area contributed by atoms with E-state index in [9.17, 15) is 0 Å². The Morgan fingerprint density at radius 2 is 1.95 bits per heavy atom. The zero-order valence-electron chi connectivity index (χ0n) is 11.2. The van der Waals surface area contributed by atoms with E-state index in [2.05, 4.69) is 11.9 Å². The summed E-state index contributed by atoms with van der Waals surface area (Å²) in [7, 11) is 2.07. The van der Waals surface area contributed by atoms with Gasteiger partial charge in [-0.1, -0.05) is 23.7 Å². The molecule has 0 bridgehead atoms. The molecule has 0 fully saturated rings. The smallest absolute Gasteiger partial charge is 0.0947 e. The molecule has 2 rings (SSSR count). The third kappa shape index (κ3) is 3.60. The first-order chi connectivity index (χ1) is 9.08. The summed E-state index contributed by atoms with van der Waals surface area (Å²) < 4.78 is 5.10. The average Bonchev–Trinajstić information content (AvgIpc) is 2.84. The van der Waals surface area contributed by atoms with Crippen LogP contribution in [-0.4, -0.2) is 18.0 Å². The Hall–Kier alpha value is -1.29. The van der Waals surface area contributed by atoms with Gasteiger partial charge in [0.1, 0.15) is 0 Å². The third-order valence-electron chi connectivity index (χ3n) is 3.20. The van der Waals surface area contributed by atoms with Crippen molar-refractivity contribution in [1.82, 2.24) is 4.90 Å².